The third-order valence-electron chi connectivity index (χ3n) is 1.18. The van der Waals surface area contributed by atoms with Crippen molar-refractivity contribution in [2.75, 3.05) is 0 Å². The van der Waals surface area contributed by atoms with E-state index in [1.54, 1.807) is 17.5 Å². The van der Waals surface area contributed by atoms with Gasteiger partial charge >= 0.3 is 0 Å². The van der Waals surface area contributed by atoms with Crippen LogP contribution in [0.4, 0.5) is 0 Å². The van der Waals surface area contributed by atoms with E-state index < -0.39 is 0 Å². The molecule has 0 bridgehead atoms. The van der Waals surface area contributed by atoms with Gasteiger partial charge in [-0.1, -0.05) is 37.4 Å². The third kappa shape index (κ3) is 3.79. The maximum atomic E-state index is 4.12. The molecule has 0 aliphatic carbocycles. The Bertz CT molecular complexity index is 151. The largest absolute Gasteiger partial charge is 0.364 e. The zero-order valence-corrected chi connectivity index (χ0v) is 9.79. The average molecular weight is 229 g/mol. The number of unbranched alkanes of at least 4 members (excludes halogenated alkanes) is 1. The Kier molecular flexibility index (Phi) is 6.92. The molecule has 10 heavy (non-hydrogen) atoms. The first kappa shape index (κ1) is 10.7. The van der Waals surface area contributed by atoms with Gasteiger partial charge in [0.2, 0.25) is 0 Å². The zero-order chi connectivity index (χ0) is 6.53. The van der Waals surface area contributed by atoms with E-state index in [2.05, 4.69) is 17.3 Å². The second-order valence-electron chi connectivity index (χ2n) is 1.98. The van der Waals surface area contributed by atoms with Gasteiger partial charge in [0, 0.05) is 32.7 Å². The smallest absolute Gasteiger partial charge is 0 e. The van der Waals surface area contributed by atoms with Gasteiger partial charge < -0.3 is 16.3 Å². The number of hydrogen-bond acceptors (Lipinski definition) is 2. The molecule has 0 unspecified atom stereocenters. The minimum Gasteiger partial charge on any atom is -0.364 e. The quantitative estimate of drug-likeness (QED) is 0.724. The van der Waals surface area contributed by atoms with Gasteiger partial charge in [0.05, 0.1) is 0 Å². The molecule has 0 amide bonds. The van der Waals surface area contributed by atoms with Gasteiger partial charge in [0.15, 0.2) is 0 Å². The van der Waals surface area contributed by atoms with Crippen LogP contribution in [0.3, 0.4) is 0 Å². The number of thiazole rings is 1. The normalized spacial score (nSPS) is 8.90. The molecule has 0 aliphatic rings. The monoisotopic (exact) mass is 229 g/mol. The Balaban J connectivity index is 0.000000810. The Morgan fingerprint density at radius 1 is 1.70 bits per heavy atom. The van der Waals surface area contributed by atoms with Gasteiger partial charge in [-0.15, -0.1) is 0 Å². The molecular weight excluding hydrogens is 219 g/mol. The molecular formula is C7H10NSY-. The van der Waals surface area contributed by atoms with Crippen molar-refractivity contribution in [2.45, 2.75) is 26.2 Å². The standard InChI is InChI=1S/C7H10NS.Y/c1-2-3-4-7-8-5-6-9-7;/h5H,2-4H2,1H3;/q-1;. The number of hydrogen-bond donors (Lipinski definition) is 0. The Hall–Kier alpha value is 0.734. The van der Waals surface area contributed by atoms with Gasteiger partial charge in [0.1, 0.15) is 0 Å². The first-order valence-electron chi connectivity index (χ1n) is 3.24. The summed E-state index contributed by atoms with van der Waals surface area (Å²) in [5.74, 6) is 0. The SMILES string of the molecule is CCCCc1nc[c-]s1.[Y]. The van der Waals surface area contributed by atoms with Crippen molar-refractivity contribution in [3.63, 3.8) is 0 Å². The summed E-state index contributed by atoms with van der Waals surface area (Å²) in [5.41, 5.74) is 0. The van der Waals surface area contributed by atoms with Crippen LogP contribution in [0.25, 0.3) is 0 Å². The van der Waals surface area contributed by atoms with E-state index in [1.807, 2.05) is 0 Å². The molecule has 0 fully saturated rings. The second kappa shape index (κ2) is 6.44. The first-order chi connectivity index (χ1) is 4.43. The van der Waals surface area contributed by atoms with Gasteiger partial charge in [-0.05, 0) is 0 Å². The van der Waals surface area contributed by atoms with Crippen LogP contribution >= 0.6 is 11.3 Å². The molecule has 0 aliphatic heterocycles. The van der Waals surface area contributed by atoms with Crippen LogP contribution in [0.15, 0.2) is 6.20 Å². The van der Waals surface area contributed by atoms with Crippen LogP contribution in [-0.4, -0.2) is 4.98 Å². The molecule has 1 nitrogen and oxygen atoms in total. The van der Waals surface area contributed by atoms with Crippen molar-refractivity contribution in [3.8, 4) is 0 Å². The fourth-order valence-electron chi connectivity index (χ4n) is 0.663. The maximum absolute atomic E-state index is 4.12. The molecule has 1 aromatic rings. The van der Waals surface area contributed by atoms with Crippen LogP contribution < -0.4 is 0 Å². The van der Waals surface area contributed by atoms with Crippen molar-refractivity contribution in [1.82, 2.24) is 4.98 Å². The van der Waals surface area contributed by atoms with Crippen LogP contribution in [0.5, 0.6) is 0 Å². The maximum Gasteiger partial charge on any atom is 0 e. The molecule has 0 atom stereocenters. The molecule has 0 spiro atoms. The summed E-state index contributed by atoms with van der Waals surface area (Å²) < 4.78 is 0. The van der Waals surface area contributed by atoms with Crippen LogP contribution in [0, 0.1) is 5.38 Å². The molecule has 1 heterocycles. The predicted octanol–water partition coefficient (Wildman–Crippen LogP) is 2.28. The topological polar surface area (TPSA) is 12.9 Å². The van der Waals surface area contributed by atoms with E-state index in [1.165, 1.54) is 17.8 Å². The zero-order valence-electron chi connectivity index (χ0n) is 6.13. The number of aryl methyl sites for hydroxylation is 1. The molecule has 1 rings (SSSR count). The van der Waals surface area contributed by atoms with E-state index in [9.17, 15) is 0 Å². The van der Waals surface area contributed by atoms with Crippen LogP contribution in [0.1, 0.15) is 24.8 Å². The van der Waals surface area contributed by atoms with Crippen molar-refractivity contribution < 1.29 is 32.7 Å². The Morgan fingerprint density at radius 3 is 3.00 bits per heavy atom. The van der Waals surface area contributed by atoms with E-state index in [-0.39, 0.29) is 32.7 Å². The predicted molar refractivity (Wildman–Crippen MR) is 39.6 cm³/mol. The molecule has 0 N–H and O–H groups in total. The molecule has 1 radical (unpaired) electrons. The first-order valence-corrected chi connectivity index (χ1v) is 4.06. The number of rotatable bonds is 3. The molecule has 53 valence electrons. The fourth-order valence-corrected chi connectivity index (χ4v) is 1.26. The summed E-state index contributed by atoms with van der Waals surface area (Å²) in [7, 11) is 0. The van der Waals surface area contributed by atoms with E-state index >= 15 is 0 Å². The van der Waals surface area contributed by atoms with Gasteiger partial charge in [0.25, 0.3) is 0 Å². The van der Waals surface area contributed by atoms with Gasteiger partial charge in [-0.2, -0.15) is 5.38 Å². The van der Waals surface area contributed by atoms with E-state index in [4.69, 9.17) is 0 Å². The van der Waals surface area contributed by atoms with Gasteiger partial charge in [-0.25, -0.2) is 0 Å². The molecule has 1 aromatic heterocycles. The van der Waals surface area contributed by atoms with Crippen molar-refractivity contribution in [2.24, 2.45) is 0 Å². The summed E-state index contributed by atoms with van der Waals surface area (Å²) in [6.07, 6.45) is 5.38. The van der Waals surface area contributed by atoms with E-state index in [0.29, 0.717) is 0 Å². The van der Waals surface area contributed by atoms with Crippen LogP contribution in [0.2, 0.25) is 0 Å². The second-order valence-corrected chi connectivity index (χ2v) is 2.89. The number of aromatic nitrogens is 1. The summed E-state index contributed by atoms with van der Waals surface area (Å²) >= 11 is 1.63. The summed E-state index contributed by atoms with van der Waals surface area (Å²) in [6, 6.07) is 0. The fraction of sp³-hybridized carbons (Fsp3) is 0.571. The average Bonchev–Trinajstić information content (AvgIpc) is 2.34. The Morgan fingerprint density at radius 2 is 2.50 bits per heavy atom. The van der Waals surface area contributed by atoms with Gasteiger partial charge in [-0.3, -0.25) is 0 Å². The minimum absolute atomic E-state index is 0. The summed E-state index contributed by atoms with van der Waals surface area (Å²) in [4.78, 5) is 4.12. The van der Waals surface area contributed by atoms with Crippen molar-refractivity contribution in [3.05, 3.63) is 16.6 Å². The van der Waals surface area contributed by atoms with Crippen LogP contribution in [-0.2, 0) is 39.1 Å². The summed E-state index contributed by atoms with van der Waals surface area (Å²) in [6.45, 7) is 2.19. The number of nitrogens with zero attached hydrogens (tertiary/aromatic N) is 1. The van der Waals surface area contributed by atoms with E-state index in [0.717, 1.165) is 6.42 Å². The molecule has 0 saturated carbocycles. The van der Waals surface area contributed by atoms with Crippen molar-refractivity contribution in [1.29, 1.82) is 0 Å². The summed E-state index contributed by atoms with van der Waals surface area (Å²) in [5, 5.41) is 4.19. The Labute approximate surface area is 91.1 Å². The minimum atomic E-state index is 0. The molecule has 3 heteroatoms. The third-order valence-corrected chi connectivity index (χ3v) is 1.95. The molecule has 0 aromatic carbocycles. The molecule has 0 saturated heterocycles. The van der Waals surface area contributed by atoms with Crippen molar-refractivity contribution >= 4 is 11.3 Å².